The predicted molar refractivity (Wildman–Crippen MR) is 72.2 cm³/mol. The Morgan fingerprint density at radius 3 is 2.32 bits per heavy atom. The largest absolute Gasteiger partial charge is 0.518 e. The molecule has 1 N–H and O–H groups in total. The molecule has 0 spiro atoms. The number of carbonyl (C=O) groups excluding carboxylic acids is 1. The standard InChI is InChI=1S/C15H22NO3/c17-13-16(10-6-1-2-7-11-16)15(18)19-12-14-8-4-3-5-9-14/h3-5,8-9,17H,1-2,6-7,10-13H2/q+1. The Morgan fingerprint density at radius 2 is 1.74 bits per heavy atom. The lowest BCUT2D eigenvalue weighted by atomic mass is 10.2. The molecule has 0 saturated carbocycles. The molecular weight excluding hydrogens is 242 g/mol. The van der Waals surface area contributed by atoms with Crippen molar-refractivity contribution in [3.63, 3.8) is 0 Å². The number of rotatable bonds is 3. The molecule has 1 fully saturated rings. The van der Waals surface area contributed by atoms with Gasteiger partial charge in [0.05, 0.1) is 13.1 Å². The highest BCUT2D eigenvalue weighted by atomic mass is 16.6. The van der Waals surface area contributed by atoms with Gasteiger partial charge in [0.25, 0.3) is 0 Å². The van der Waals surface area contributed by atoms with Crippen LogP contribution in [0.1, 0.15) is 31.2 Å². The minimum atomic E-state index is -0.298. The second kappa shape index (κ2) is 6.68. The van der Waals surface area contributed by atoms with E-state index in [0.717, 1.165) is 31.2 Å². The Bertz CT molecular complexity index is 397. The molecule has 1 aromatic carbocycles. The van der Waals surface area contributed by atoms with E-state index in [1.165, 1.54) is 0 Å². The highest BCUT2D eigenvalue weighted by Crippen LogP contribution is 2.20. The Labute approximate surface area is 114 Å². The summed E-state index contributed by atoms with van der Waals surface area (Å²) in [5.41, 5.74) is 0.974. The van der Waals surface area contributed by atoms with Crippen LogP contribution in [-0.4, -0.2) is 35.5 Å². The lowest BCUT2D eigenvalue weighted by Crippen LogP contribution is -2.54. The maximum Gasteiger partial charge on any atom is 0.518 e. The average molecular weight is 264 g/mol. The van der Waals surface area contributed by atoms with Crippen molar-refractivity contribution in [1.82, 2.24) is 0 Å². The van der Waals surface area contributed by atoms with Gasteiger partial charge in [-0.2, -0.15) is 4.79 Å². The summed E-state index contributed by atoms with van der Waals surface area (Å²) in [6.45, 7) is 1.49. The molecule has 1 aromatic rings. The first-order valence-electron chi connectivity index (χ1n) is 6.95. The summed E-state index contributed by atoms with van der Waals surface area (Å²) < 4.78 is 5.45. The molecule has 1 aliphatic rings. The summed E-state index contributed by atoms with van der Waals surface area (Å²) in [5.74, 6) is 0. The molecule has 104 valence electrons. The monoisotopic (exact) mass is 264 g/mol. The minimum absolute atomic E-state index is 0.0623. The van der Waals surface area contributed by atoms with Gasteiger partial charge < -0.3 is 9.84 Å². The van der Waals surface area contributed by atoms with Gasteiger partial charge >= 0.3 is 6.09 Å². The number of ether oxygens (including phenoxy) is 1. The molecule has 0 bridgehead atoms. The highest BCUT2D eigenvalue weighted by Gasteiger charge is 2.38. The number of likely N-dealkylation sites (tertiary alicyclic amines) is 1. The van der Waals surface area contributed by atoms with Crippen LogP contribution in [0.4, 0.5) is 4.79 Å². The fourth-order valence-electron chi connectivity index (χ4n) is 2.53. The second-order valence-corrected chi connectivity index (χ2v) is 5.19. The van der Waals surface area contributed by atoms with E-state index in [4.69, 9.17) is 4.74 Å². The van der Waals surface area contributed by atoms with E-state index in [-0.39, 0.29) is 23.9 Å². The quantitative estimate of drug-likeness (QED) is 0.854. The fourth-order valence-corrected chi connectivity index (χ4v) is 2.53. The summed E-state index contributed by atoms with van der Waals surface area (Å²) >= 11 is 0. The number of hydrogen-bond acceptors (Lipinski definition) is 3. The molecule has 4 heteroatoms. The number of benzene rings is 1. The van der Waals surface area contributed by atoms with Crippen LogP contribution in [0, 0.1) is 0 Å². The molecule has 1 heterocycles. The van der Waals surface area contributed by atoms with Crippen molar-refractivity contribution in [2.45, 2.75) is 32.3 Å². The number of nitrogens with zero attached hydrogens (tertiary/aromatic N) is 1. The van der Waals surface area contributed by atoms with Crippen molar-refractivity contribution in [1.29, 1.82) is 0 Å². The van der Waals surface area contributed by atoms with Crippen LogP contribution in [0.25, 0.3) is 0 Å². The number of aliphatic hydroxyl groups is 1. The summed E-state index contributed by atoms with van der Waals surface area (Å²) in [6, 6.07) is 9.64. The molecule has 1 saturated heterocycles. The van der Waals surface area contributed by atoms with E-state index < -0.39 is 0 Å². The minimum Gasteiger partial charge on any atom is -0.415 e. The van der Waals surface area contributed by atoms with E-state index in [1.54, 1.807) is 0 Å². The van der Waals surface area contributed by atoms with Crippen LogP contribution in [0.2, 0.25) is 0 Å². The highest BCUT2D eigenvalue weighted by molar-refractivity contribution is 5.59. The zero-order chi connectivity index (χ0) is 13.6. The number of aliphatic hydroxyl groups excluding tert-OH is 1. The van der Waals surface area contributed by atoms with Gasteiger partial charge in [-0.1, -0.05) is 30.3 Å². The van der Waals surface area contributed by atoms with Crippen molar-refractivity contribution in [3.05, 3.63) is 35.9 Å². The van der Waals surface area contributed by atoms with Crippen LogP contribution in [-0.2, 0) is 11.3 Å². The van der Waals surface area contributed by atoms with E-state index >= 15 is 0 Å². The molecule has 0 aliphatic carbocycles. The van der Waals surface area contributed by atoms with Crippen molar-refractivity contribution < 1.29 is 19.1 Å². The summed E-state index contributed by atoms with van der Waals surface area (Å²) in [4.78, 5) is 12.3. The van der Waals surface area contributed by atoms with Crippen molar-refractivity contribution in [2.24, 2.45) is 0 Å². The third kappa shape index (κ3) is 3.55. The first-order chi connectivity index (χ1) is 9.27. The number of amides is 1. The molecule has 0 radical (unpaired) electrons. The van der Waals surface area contributed by atoms with Gasteiger partial charge in [-0.15, -0.1) is 0 Å². The molecular formula is C15H22NO3+. The Kier molecular flexibility index (Phi) is 4.93. The molecule has 2 rings (SSSR count). The smallest absolute Gasteiger partial charge is 0.415 e. The van der Waals surface area contributed by atoms with Crippen LogP contribution in [0.3, 0.4) is 0 Å². The van der Waals surface area contributed by atoms with Crippen molar-refractivity contribution >= 4 is 6.09 Å². The molecule has 0 aromatic heterocycles. The molecule has 4 nitrogen and oxygen atoms in total. The van der Waals surface area contributed by atoms with Crippen LogP contribution < -0.4 is 0 Å². The van der Waals surface area contributed by atoms with Crippen LogP contribution in [0.5, 0.6) is 0 Å². The Morgan fingerprint density at radius 1 is 1.11 bits per heavy atom. The Balaban J connectivity index is 1.96. The maximum atomic E-state index is 12.3. The van der Waals surface area contributed by atoms with Gasteiger partial charge in [-0.25, -0.2) is 4.48 Å². The van der Waals surface area contributed by atoms with Gasteiger partial charge in [0.2, 0.25) is 0 Å². The van der Waals surface area contributed by atoms with Gasteiger partial charge in [-0.05, 0) is 31.2 Å². The predicted octanol–water partition coefficient (Wildman–Crippen LogP) is 2.66. The SMILES string of the molecule is O=C(OCc1ccccc1)[N+]1(CO)CCCCCC1. The number of hydrogen-bond donors (Lipinski definition) is 1. The third-order valence-corrected chi connectivity index (χ3v) is 3.79. The Hall–Kier alpha value is -1.39. The van der Waals surface area contributed by atoms with Crippen molar-refractivity contribution in [2.75, 3.05) is 19.8 Å². The maximum absolute atomic E-state index is 12.3. The third-order valence-electron chi connectivity index (χ3n) is 3.79. The molecule has 0 atom stereocenters. The lowest BCUT2D eigenvalue weighted by molar-refractivity contribution is -0.876. The molecule has 1 amide bonds. The second-order valence-electron chi connectivity index (χ2n) is 5.19. The lowest BCUT2D eigenvalue weighted by Gasteiger charge is -2.30. The van der Waals surface area contributed by atoms with E-state index in [1.807, 2.05) is 30.3 Å². The normalized spacial score (nSPS) is 18.6. The molecule has 19 heavy (non-hydrogen) atoms. The van der Waals surface area contributed by atoms with Crippen molar-refractivity contribution in [3.8, 4) is 0 Å². The van der Waals surface area contributed by atoms with Gasteiger partial charge in [0.1, 0.15) is 6.61 Å². The van der Waals surface area contributed by atoms with Crippen LogP contribution in [0.15, 0.2) is 30.3 Å². The topological polar surface area (TPSA) is 46.5 Å². The molecule has 1 aliphatic heterocycles. The van der Waals surface area contributed by atoms with E-state index in [9.17, 15) is 9.90 Å². The zero-order valence-electron chi connectivity index (χ0n) is 11.3. The average Bonchev–Trinajstić information content (AvgIpc) is 2.72. The van der Waals surface area contributed by atoms with Gasteiger partial charge in [0.15, 0.2) is 6.73 Å². The first-order valence-corrected chi connectivity index (χ1v) is 6.95. The van der Waals surface area contributed by atoms with E-state index in [2.05, 4.69) is 0 Å². The summed E-state index contributed by atoms with van der Waals surface area (Å²) in [7, 11) is 0. The zero-order valence-corrected chi connectivity index (χ0v) is 11.3. The number of carbonyl (C=O) groups is 1. The molecule has 0 unspecified atom stereocenters. The summed E-state index contributed by atoms with van der Waals surface area (Å²) in [5, 5.41) is 9.61. The summed E-state index contributed by atoms with van der Waals surface area (Å²) in [6.07, 6.45) is 3.91. The number of quaternary nitrogens is 1. The first kappa shape index (κ1) is 14.0. The fraction of sp³-hybridized carbons (Fsp3) is 0.533. The van der Waals surface area contributed by atoms with Gasteiger partial charge in [0, 0.05) is 0 Å². The van der Waals surface area contributed by atoms with E-state index in [0.29, 0.717) is 13.1 Å². The van der Waals surface area contributed by atoms with Gasteiger partial charge in [-0.3, -0.25) is 0 Å². The van der Waals surface area contributed by atoms with Crippen LogP contribution >= 0.6 is 0 Å².